The van der Waals surface area contributed by atoms with Crippen LogP contribution in [0.1, 0.15) is 19.4 Å². The summed E-state index contributed by atoms with van der Waals surface area (Å²) in [4.78, 5) is 11.5. The average molecular weight is 476 g/mol. The molecular weight excluding hydrogens is 455 g/mol. The molecule has 31 heavy (non-hydrogen) atoms. The molecule has 0 saturated carbocycles. The predicted octanol–water partition coefficient (Wildman–Crippen LogP) is 5.51. The van der Waals surface area contributed by atoms with Gasteiger partial charge in [0.05, 0.1) is 17.2 Å². The quantitative estimate of drug-likeness (QED) is 0.532. The first-order valence-corrected chi connectivity index (χ1v) is 10.9. The highest BCUT2D eigenvalue weighted by Crippen LogP contribution is 2.37. The van der Waals surface area contributed by atoms with Crippen molar-refractivity contribution in [3.8, 4) is 17.2 Å². The highest BCUT2D eigenvalue weighted by atomic mass is 35.5. The maximum atomic E-state index is 12.8. The van der Waals surface area contributed by atoms with Crippen molar-refractivity contribution in [1.82, 2.24) is 5.32 Å². The van der Waals surface area contributed by atoms with Crippen LogP contribution in [0.5, 0.6) is 17.2 Å². The zero-order valence-corrected chi connectivity index (χ0v) is 18.4. The van der Waals surface area contributed by atoms with Crippen LogP contribution in [0.15, 0.2) is 42.5 Å². The Morgan fingerprint density at radius 1 is 1.23 bits per heavy atom. The van der Waals surface area contributed by atoms with E-state index in [2.05, 4.69) is 5.32 Å². The van der Waals surface area contributed by atoms with E-state index in [0.29, 0.717) is 18.0 Å². The summed E-state index contributed by atoms with van der Waals surface area (Å²) in [6, 6.07) is 9.37. The van der Waals surface area contributed by atoms with Crippen molar-refractivity contribution in [2.75, 3.05) is 18.9 Å². The lowest BCUT2D eigenvalue weighted by Crippen LogP contribution is -2.56. The van der Waals surface area contributed by atoms with Crippen molar-refractivity contribution in [2.45, 2.75) is 31.0 Å². The molecule has 1 fully saturated rings. The molecular formula is C21H21ClF3NO4S. The summed E-state index contributed by atoms with van der Waals surface area (Å²) in [6.45, 7) is 4.47. The first kappa shape index (κ1) is 23.6. The molecule has 0 radical (unpaired) electrons. The molecule has 2 atom stereocenters. The van der Waals surface area contributed by atoms with Gasteiger partial charge in [-0.25, -0.2) is 4.79 Å². The van der Waals surface area contributed by atoms with Crippen LogP contribution >= 0.6 is 23.4 Å². The van der Waals surface area contributed by atoms with Gasteiger partial charge in [-0.1, -0.05) is 11.6 Å². The number of rotatable bonds is 7. The number of thioether (sulfide) groups is 1. The number of benzene rings is 2. The Hall–Kier alpha value is -2.10. The smallest absolute Gasteiger partial charge is 0.416 e. The van der Waals surface area contributed by atoms with E-state index < -0.39 is 22.7 Å². The zero-order chi connectivity index (χ0) is 22.6. The molecule has 2 aromatic carbocycles. The van der Waals surface area contributed by atoms with E-state index in [1.165, 1.54) is 17.8 Å². The third-order valence-corrected chi connectivity index (χ3v) is 6.40. The Morgan fingerprint density at radius 2 is 1.90 bits per heavy atom. The van der Waals surface area contributed by atoms with Crippen molar-refractivity contribution < 1.29 is 32.2 Å². The van der Waals surface area contributed by atoms with Gasteiger partial charge in [0.15, 0.2) is 0 Å². The van der Waals surface area contributed by atoms with Crippen molar-refractivity contribution in [3.63, 3.8) is 0 Å². The van der Waals surface area contributed by atoms with E-state index in [0.717, 1.165) is 17.9 Å². The summed E-state index contributed by atoms with van der Waals surface area (Å²) in [7, 11) is 0. The van der Waals surface area contributed by atoms with Gasteiger partial charge in [-0.3, -0.25) is 5.32 Å². The van der Waals surface area contributed by atoms with E-state index in [-0.39, 0.29) is 23.3 Å². The predicted molar refractivity (Wildman–Crippen MR) is 113 cm³/mol. The minimum atomic E-state index is -4.48. The highest BCUT2D eigenvalue weighted by Gasteiger charge is 2.49. The average Bonchev–Trinajstić information content (AvgIpc) is 3.22. The van der Waals surface area contributed by atoms with Crippen LogP contribution < -0.4 is 14.8 Å². The molecule has 1 heterocycles. The standard InChI is InChI=1S/C21H21ClF3NO4S/c1-3-28-19(27)20(26-10-11-31-20)13(2)29-15-5-7-16(8-6-15)30-18-9-4-14(12-17(18)22)21(23,24)25/h4-9,12-13,26H,3,10-11H2,1-2H3. The molecule has 1 aliphatic heterocycles. The van der Waals surface area contributed by atoms with E-state index in [4.69, 9.17) is 25.8 Å². The second kappa shape index (κ2) is 9.58. The lowest BCUT2D eigenvalue weighted by atomic mass is 10.1. The summed E-state index contributed by atoms with van der Waals surface area (Å²) >= 11 is 7.37. The largest absolute Gasteiger partial charge is 0.487 e. The summed E-state index contributed by atoms with van der Waals surface area (Å²) < 4.78 is 55.0. The summed E-state index contributed by atoms with van der Waals surface area (Å²) in [5, 5.41) is 3.04. The molecule has 3 rings (SSSR count). The van der Waals surface area contributed by atoms with Crippen LogP contribution in [0, 0.1) is 0 Å². The third-order valence-electron chi connectivity index (χ3n) is 4.59. The molecule has 5 nitrogen and oxygen atoms in total. The second-order valence-corrected chi connectivity index (χ2v) is 8.46. The van der Waals surface area contributed by atoms with E-state index >= 15 is 0 Å². The van der Waals surface area contributed by atoms with Crippen LogP contribution in [0.25, 0.3) is 0 Å². The van der Waals surface area contributed by atoms with Crippen molar-refractivity contribution in [2.24, 2.45) is 0 Å². The summed E-state index contributed by atoms with van der Waals surface area (Å²) in [6.07, 6.45) is -5.00. The molecule has 1 N–H and O–H groups in total. The lowest BCUT2D eigenvalue weighted by molar-refractivity contribution is -0.149. The van der Waals surface area contributed by atoms with Gasteiger partial charge in [0.2, 0.25) is 4.87 Å². The van der Waals surface area contributed by atoms with E-state index in [1.54, 1.807) is 38.1 Å². The molecule has 2 unspecified atom stereocenters. The molecule has 0 bridgehead atoms. The van der Waals surface area contributed by atoms with Crippen LogP contribution in [-0.4, -0.2) is 35.8 Å². The normalized spacial score (nSPS) is 19.7. The van der Waals surface area contributed by atoms with Crippen molar-refractivity contribution >= 4 is 29.3 Å². The summed E-state index contributed by atoms with van der Waals surface area (Å²) in [5.74, 6) is 1.35. The Labute approximate surface area is 187 Å². The fraction of sp³-hybridized carbons (Fsp3) is 0.381. The minimum Gasteiger partial charge on any atom is -0.487 e. The topological polar surface area (TPSA) is 56.8 Å². The monoisotopic (exact) mass is 475 g/mol. The number of alkyl halides is 3. The summed E-state index contributed by atoms with van der Waals surface area (Å²) in [5.41, 5.74) is -0.850. The third kappa shape index (κ3) is 5.39. The van der Waals surface area contributed by atoms with Gasteiger partial charge >= 0.3 is 12.1 Å². The number of carbonyl (C=O) groups excluding carboxylic acids is 1. The Balaban J connectivity index is 1.68. The van der Waals surface area contributed by atoms with Gasteiger partial charge in [0.1, 0.15) is 23.4 Å². The molecule has 0 spiro atoms. The number of hydrogen-bond acceptors (Lipinski definition) is 6. The maximum Gasteiger partial charge on any atom is 0.416 e. The number of esters is 1. The Kier molecular flexibility index (Phi) is 7.28. The number of nitrogens with one attached hydrogen (secondary N) is 1. The SMILES string of the molecule is CCOC(=O)C1(C(C)Oc2ccc(Oc3ccc(C(F)(F)F)cc3Cl)cc2)NCCS1. The highest BCUT2D eigenvalue weighted by molar-refractivity contribution is 8.01. The van der Waals surface area contributed by atoms with Crippen LogP contribution in [0.4, 0.5) is 13.2 Å². The van der Waals surface area contributed by atoms with E-state index in [1.807, 2.05) is 0 Å². The molecule has 168 valence electrons. The second-order valence-electron chi connectivity index (χ2n) is 6.71. The van der Waals surface area contributed by atoms with Gasteiger partial charge < -0.3 is 14.2 Å². The van der Waals surface area contributed by atoms with Crippen LogP contribution in [0.2, 0.25) is 5.02 Å². The first-order valence-electron chi connectivity index (χ1n) is 9.53. The van der Waals surface area contributed by atoms with Gasteiger partial charge in [0.25, 0.3) is 0 Å². The van der Waals surface area contributed by atoms with Gasteiger partial charge in [0, 0.05) is 12.3 Å². The number of hydrogen-bond donors (Lipinski definition) is 1. The maximum absolute atomic E-state index is 12.8. The molecule has 0 amide bonds. The number of halogens is 4. The lowest BCUT2D eigenvalue weighted by Gasteiger charge is -2.32. The molecule has 0 aliphatic carbocycles. The van der Waals surface area contributed by atoms with Crippen molar-refractivity contribution in [3.05, 3.63) is 53.1 Å². The van der Waals surface area contributed by atoms with Gasteiger partial charge in [-0.05, 0) is 56.3 Å². The fourth-order valence-corrected chi connectivity index (χ4v) is 4.47. The zero-order valence-electron chi connectivity index (χ0n) is 16.8. The minimum absolute atomic E-state index is 0.101. The van der Waals surface area contributed by atoms with Gasteiger partial charge in [-0.2, -0.15) is 13.2 Å². The van der Waals surface area contributed by atoms with Gasteiger partial charge in [-0.15, -0.1) is 11.8 Å². The van der Waals surface area contributed by atoms with Crippen LogP contribution in [-0.2, 0) is 15.7 Å². The van der Waals surface area contributed by atoms with Crippen molar-refractivity contribution in [1.29, 1.82) is 0 Å². The molecule has 10 heteroatoms. The fourth-order valence-electron chi connectivity index (χ4n) is 3.06. The number of ether oxygens (including phenoxy) is 3. The molecule has 1 aliphatic rings. The van der Waals surface area contributed by atoms with Crippen LogP contribution in [0.3, 0.4) is 0 Å². The molecule has 2 aromatic rings. The Morgan fingerprint density at radius 3 is 2.45 bits per heavy atom. The number of carbonyl (C=O) groups is 1. The first-order chi connectivity index (χ1) is 14.7. The Bertz CT molecular complexity index is 918. The van der Waals surface area contributed by atoms with E-state index in [9.17, 15) is 18.0 Å². The molecule has 1 saturated heterocycles. The molecule has 0 aromatic heterocycles.